The number of hydrogen-bond acceptors (Lipinski definition) is 6. The highest BCUT2D eigenvalue weighted by Crippen LogP contribution is 2.31. The Labute approximate surface area is 223 Å². The SMILES string of the molecule is CC(C)(C)OC(=O)C[C@H]1CCN(C(=O)NC2CCCCC2)C[C@@H]1CCN1CCN(c2ccccn2)CC1. The number of pyridine rings is 1. The second-order valence-corrected chi connectivity index (χ2v) is 12.1. The molecule has 2 amide bonds. The Morgan fingerprint density at radius 1 is 1.00 bits per heavy atom. The number of anilines is 1. The van der Waals surface area contributed by atoms with Crippen LogP contribution in [0.15, 0.2) is 24.4 Å². The van der Waals surface area contributed by atoms with Gasteiger partial charge in [-0.15, -0.1) is 0 Å². The number of carbonyl (C=O) groups excluding carboxylic acids is 2. The van der Waals surface area contributed by atoms with Gasteiger partial charge in [-0.05, 0) is 77.0 Å². The maximum absolute atomic E-state index is 13.1. The number of amides is 2. The summed E-state index contributed by atoms with van der Waals surface area (Å²) in [5.41, 5.74) is -0.472. The quantitative estimate of drug-likeness (QED) is 0.548. The highest BCUT2D eigenvalue weighted by Gasteiger charge is 2.35. The van der Waals surface area contributed by atoms with Crippen LogP contribution in [0.3, 0.4) is 0 Å². The molecule has 3 aliphatic rings. The zero-order valence-electron chi connectivity index (χ0n) is 23.2. The summed E-state index contributed by atoms with van der Waals surface area (Å²) >= 11 is 0. The van der Waals surface area contributed by atoms with Crippen LogP contribution in [-0.4, -0.2) is 84.2 Å². The van der Waals surface area contributed by atoms with Gasteiger partial charge in [0, 0.05) is 57.9 Å². The van der Waals surface area contributed by atoms with E-state index in [4.69, 9.17) is 4.74 Å². The predicted octanol–water partition coefficient (Wildman–Crippen LogP) is 4.31. The second kappa shape index (κ2) is 12.9. The third kappa shape index (κ3) is 8.59. The van der Waals surface area contributed by atoms with Crippen molar-refractivity contribution in [3.63, 3.8) is 0 Å². The van der Waals surface area contributed by atoms with Gasteiger partial charge >= 0.3 is 12.0 Å². The van der Waals surface area contributed by atoms with E-state index in [9.17, 15) is 9.59 Å². The minimum absolute atomic E-state index is 0.0802. The zero-order chi connectivity index (χ0) is 26.3. The van der Waals surface area contributed by atoms with Crippen LogP contribution in [0.1, 0.15) is 72.1 Å². The molecule has 2 saturated heterocycles. The van der Waals surface area contributed by atoms with Gasteiger partial charge in [-0.25, -0.2) is 9.78 Å². The molecule has 4 rings (SSSR count). The van der Waals surface area contributed by atoms with E-state index in [2.05, 4.69) is 26.2 Å². The van der Waals surface area contributed by atoms with Gasteiger partial charge in [-0.3, -0.25) is 9.69 Å². The van der Waals surface area contributed by atoms with Crippen LogP contribution in [0, 0.1) is 11.8 Å². The molecule has 2 aliphatic heterocycles. The van der Waals surface area contributed by atoms with Gasteiger partial charge in [0.25, 0.3) is 0 Å². The molecule has 1 saturated carbocycles. The number of nitrogens with zero attached hydrogens (tertiary/aromatic N) is 4. The normalized spacial score (nSPS) is 24.1. The van der Waals surface area contributed by atoms with E-state index in [1.54, 1.807) is 0 Å². The Hall–Kier alpha value is -2.35. The predicted molar refractivity (Wildman–Crippen MR) is 147 cm³/mol. The van der Waals surface area contributed by atoms with E-state index in [-0.39, 0.29) is 17.9 Å². The van der Waals surface area contributed by atoms with E-state index >= 15 is 0 Å². The van der Waals surface area contributed by atoms with E-state index < -0.39 is 5.60 Å². The summed E-state index contributed by atoms with van der Waals surface area (Å²) in [6, 6.07) is 6.47. The van der Waals surface area contributed by atoms with E-state index in [0.29, 0.717) is 24.9 Å². The molecule has 0 unspecified atom stereocenters. The number of piperidine rings is 1. The Balaban J connectivity index is 1.31. The maximum atomic E-state index is 13.1. The molecule has 1 aromatic heterocycles. The van der Waals surface area contributed by atoms with Crippen LogP contribution < -0.4 is 10.2 Å². The van der Waals surface area contributed by atoms with Crippen molar-refractivity contribution >= 4 is 17.8 Å². The third-order valence-corrected chi connectivity index (χ3v) is 8.12. The van der Waals surface area contributed by atoms with Gasteiger partial charge in [0.15, 0.2) is 0 Å². The molecule has 8 nitrogen and oxygen atoms in total. The highest BCUT2D eigenvalue weighted by molar-refractivity contribution is 5.75. The number of piperazine rings is 1. The monoisotopic (exact) mass is 513 g/mol. The molecule has 0 spiro atoms. The Kier molecular flexibility index (Phi) is 9.68. The molecular weight excluding hydrogens is 466 g/mol. The van der Waals surface area contributed by atoms with E-state index in [0.717, 1.165) is 70.8 Å². The van der Waals surface area contributed by atoms with Crippen LogP contribution in [0.4, 0.5) is 10.6 Å². The molecule has 206 valence electrons. The van der Waals surface area contributed by atoms with Crippen molar-refractivity contribution in [3.8, 4) is 0 Å². The standard InChI is InChI=1S/C29H47N5O3/c1-29(2,3)37-27(35)21-23-13-16-34(28(36)31-25-9-5-4-6-10-25)22-24(23)12-15-32-17-19-33(20-18-32)26-11-7-8-14-30-26/h7-8,11,14,23-25H,4-6,9-10,12-13,15-22H2,1-3H3,(H,31,36)/t23-,24+/m1/s1. The molecule has 1 N–H and O–H groups in total. The summed E-state index contributed by atoms with van der Waals surface area (Å²) < 4.78 is 5.66. The van der Waals surface area contributed by atoms with Gasteiger partial charge in [-0.2, -0.15) is 0 Å². The molecule has 2 atom stereocenters. The van der Waals surface area contributed by atoms with E-state index in [1.807, 2.05) is 44.0 Å². The van der Waals surface area contributed by atoms with Crippen molar-refractivity contribution in [1.29, 1.82) is 0 Å². The van der Waals surface area contributed by atoms with Gasteiger partial charge in [0.2, 0.25) is 0 Å². The minimum atomic E-state index is -0.472. The minimum Gasteiger partial charge on any atom is -0.460 e. The number of urea groups is 1. The summed E-state index contributed by atoms with van der Waals surface area (Å²) in [7, 11) is 0. The van der Waals surface area contributed by atoms with Crippen molar-refractivity contribution in [2.75, 3.05) is 50.7 Å². The smallest absolute Gasteiger partial charge is 0.317 e. The largest absolute Gasteiger partial charge is 0.460 e. The first-order chi connectivity index (χ1) is 17.8. The summed E-state index contributed by atoms with van der Waals surface area (Å²) in [5, 5.41) is 3.30. The fourth-order valence-corrected chi connectivity index (χ4v) is 6.06. The van der Waals surface area contributed by atoms with Crippen LogP contribution in [0.5, 0.6) is 0 Å². The number of likely N-dealkylation sites (tertiary alicyclic amines) is 1. The molecule has 3 fully saturated rings. The first-order valence-electron chi connectivity index (χ1n) is 14.4. The zero-order valence-corrected chi connectivity index (χ0v) is 23.2. The summed E-state index contributed by atoms with van der Waals surface area (Å²) in [5.74, 6) is 1.48. The second-order valence-electron chi connectivity index (χ2n) is 12.1. The lowest BCUT2D eigenvalue weighted by molar-refractivity contribution is -0.156. The fourth-order valence-electron chi connectivity index (χ4n) is 6.06. The molecular formula is C29H47N5O3. The fraction of sp³-hybridized carbons (Fsp3) is 0.759. The van der Waals surface area contributed by atoms with Crippen LogP contribution >= 0.6 is 0 Å². The molecule has 8 heteroatoms. The molecule has 0 aromatic carbocycles. The van der Waals surface area contributed by atoms with Crippen molar-refractivity contribution in [2.45, 2.75) is 83.8 Å². The summed E-state index contributed by atoms with van der Waals surface area (Å²) in [6.45, 7) is 12.1. The van der Waals surface area contributed by atoms with Gasteiger partial charge in [0.05, 0.1) is 0 Å². The topological polar surface area (TPSA) is 78.0 Å². The number of rotatable bonds is 7. The van der Waals surface area contributed by atoms with Gasteiger partial charge in [0.1, 0.15) is 11.4 Å². The Morgan fingerprint density at radius 2 is 1.76 bits per heavy atom. The first kappa shape index (κ1) is 27.7. The van der Waals surface area contributed by atoms with E-state index in [1.165, 1.54) is 19.3 Å². The van der Waals surface area contributed by atoms with Crippen molar-refractivity contribution in [3.05, 3.63) is 24.4 Å². The molecule has 0 radical (unpaired) electrons. The maximum Gasteiger partial charge on any atom is 0.317 e. The molecule has 3 heterocycles. The average Bonchev–Trinajstić information content (AvgIpc) is 2.88. The highest BCUT2D eigenvalue weighted by atomic mass is 16.6. The number of aromatic nitrogens is 1. The van der Waals surface area contributed by atoms with Crippen LogP contribution in [0.25, 0.3) is 0 Å². The van der Waals surface area contributed by atoms with Gasteiger partial charge in [-0.1, -0.05) is 25.3 Å². The summed E-state index contributed by atoms with van der Waals surface area (Å²) in [6.07, 6.45) is 10.0. The lowest BCUT2D eigenvalue weighted by Gasteiger charge is -2.41. The number of esters is 1. The van der Waals surface area contributed by atoms with Crippen LogP contribution in [0.2, 0.25) is 0 Å². The number of ether oxygens (including phenoxy) is 1. The molecule has 37 heavy (non-hydrogen) atoms. The lowest BCUT2D eigenvalue weighted by atomic mass is 9.81. The first-order valence-corrected chi connectivity index (χ1v) is 14.4. The van der Waals surface area contributed by atoms with Gasteiger partial charge < -0.3 is 19.9 Å². The Bertz CT molecular complexity index is 860. The van der Waals surface area contributed by atoms with Crippen molar-refractivity contribution < 1.29 is 14.3 Å². The van der Waals surface area contributed by atoms with Crippen LogP contribution in [-0.2, 0) is 9.53 Å². The molecule has 0 bridgehead atoms. The number of carbonyl (C=O) groups is 2. The molecule has 1 aliphatic carbocycles. The third-order valence-electron chi connectivity index (χ3n) is 8.12. The summed E-state index contributed by atoms with van der Waals surface area (Å²) in [4.78, 5) is 37.2. The van der Waals surface area contributed by atoms with Crippen molar-refractivity contribution in [1.82, 2.24) is 20.1 Å². The molecule has 1 aromatic rings. The average molecular weight is 514 g/mol. The number of hydrogen-bond donors (Lipinski definition) is 1. The lowest BCUT2D eigenvalue weighted by Crippen LogP contribution is -2.52. The van der Waals surface area contributed by atoms with Crippen molar-refractivity contribution in [2.24, 2.45) is 11.8 Å². The number of nitrogens with one attached hydrogen (secondary N) is 1. The Morgan fingerprint density at radius 3 is 2.43 bits per heavy atom.